The number of carbonyl (C=O) groups is 1. The zero-order valence-corrected chi connectivity index (χ0v) is 18.1. The second-order valence-corrected chi connectivity index (χ2v) is 7.42. The summed E-state index contributed by atoms with van der Waals surface area (Å²) in [6.07, 6.45) is -10.0. The van der Waals surface area contributed by atoms with E-state index in [0.29, 0.717) is 0 Å². The Morgan fingerprint density at radius 1 is 0.750 bits per heavy atom. The van der Waals surface area contributed by atoms with Crippen molar-refractivity contribution >= 4 is 60.8 Å². The van der Waals surface area contributed by atoms with Gasteiger partial charge in [-0.25, -0.2) is 0 Å². The first-order chi connectivity index (χ1) is 12.8. The van der Waals surface area contributed by atoms with Gasteiger partial charge in [-0.1, -0.05) is 55.1 Å². The lowest BCUT2D eigenvalue weighted by Crippen LogP contribution is -2.21. The van der Waals surface area contributed by atoms with E-state index >= 15 is 0 Å². The fourth-order valence-corrected chi connectivity index (χ4v) is 4.61. The van der Waals surface area contributed by atoms with E-state index in [-0.39, 0.29) is 20.7 Å². The summed E-state index contributed by atoms with van der Waals surface area (Å²) in [7, 11) is 0. The van der Waals surface area contributed by atoms with Crippen LogP contribution in [0.25, 0.3) is 0 Å². The molecule has 0 spiro atoms. The van der Waals surface area contributed by atoms with Crippen molar-refractivity contribution in [1.82, 2.24) is 0 Å². The quantitative estimate of drug-likeness (QED) is 0.206. The van der Waals surface area contributed by atoms with Gasteiger partial charge in [0.1, 0.15) is 0 Å². The molecule has 1 nitrogen and oxygen atoms in total. The van der Waals surface area contributed by atoms with Gasteiger partial charge in [-0.15, -0.1) is 0 Å². The zero-order valence-electron chi connectivity index (χ0n) is 13.4. The SMILES string of the molecule is O=C(c1ccc(Cl)c(CBr)c1C(F)(F)F)c1ccc(Cl)c(CBr)c1C(F)(F)F. The largest absolute Gasteiger partial charge is 0.417 e. The monoisotopic (exact) mass is 570 g/mol. The van der Waals surface area contributed by atoms with Crippen LogP contribution in [0, 0.1) is 0 Å². The highest BCUT2D eigenvalue weighted by atomic mass is 79.9. The van der Waals surface area contributed by atoms with Crippen LogP contribution in [0.3, 0.4) is 0 Å². The number of rotatable bonds is 4. The summed E-state index contributed by atoms with van der Waals surface area (Å²) < 4.78 is 81.7. The first-order valence-electron chi connectivity index (χ1n) is 7.28. The van der Waals surface area contributed by atoms with Crippen molar-refractivity contribution in [2.45, 2.75) is 23.0 Å². The molecule has 0 aromatic heterocycles. The molecule has 0 aliphatic carbocycles. The minimum Gasteiger partial charge on any atom is -0.289 e. The third kappa shape index (κ3) is 4.52. The second-order valence-electron chi connectivity index (χ2n) is 5.49. The van der Waals surface area contributed by atoms with Crippen molar-refractivity contribution in [3.8, 4) is 0 Å². The van der Waals surface area contributed by atoms with E-state index in [1.165, 1.54) is 0 Å². The van der Waals surface area contributed by atoms with Gasteiger partial charge < -0.3 is 0 Å². The van der Waals surface area contributed by atoms with Gasteiger partial charge in [-0.2, -0.15) is 26.3 Å². The van der Waals surface area contributed by atoms with Crippen LogP contribution in [0.2, 0.25) is 10.0 Å². The molecule has 0 aliphatic heterocycles. The van der Waals surface area contributed by atoms with Crippen LogP contribution in [0.1, 0.15) is 38.2 Å². The van der Waals surface area contributed by atoms with Gasteiger partial charge >= 0.3 is 12.4 Å². The molecule has 2 aromatic rings. The first kappa shape index (κ1) is 23.5. The van der Waals surface area contributed by atoms with Gasteiger partial charge in [0.05, 0.1) is 11.1 Å². The number of halogens is 10. The van der Waals surface area contributed by atoms with Crippen LogP contribution >= 0.6 is 55.1 Å². The van der Waals surface area contributed by atoms with Crippen molar-refractivity contribution in [2.75, 3.05) is 0 Å². The van der Waals surface area contributed by atoms with Gasteiger partial charge in [-0.05, 0) is 35.4 Å². The number of ketones is 1. The number of carbonyl (C=O) groups excluding carboxylic acids is 1. The number of alkyl halides is 8. The van der Waals surface area contributed by atoms with Crippen LogP contribution in [-0.4, -0.2) is 5.78 Å². The molecule has 0 unspecified atom stereocenters. The normalized spacial score (nSPS) is 12.4. The number of hydrogen-bond donors (Lipinski definition) is 0. The van der Waals surface area contributed by atoms with Gasteiger partial charge in [0.2, 0.25) is 0 Å². The Morgan fingerprint density at radius 3 is 1.32 bits per heavy atom. The molecule has 0 saturated heterocycles. The predicted molar refractivity (Wildman–Crippen MR) is 102 cm³/mol. The molecule has 28 heavy (non-hydrogen) atoms. The molecule has 152 valence electrons. The highest BCUT2D eigenvalue weighted by Gasteiger charge is 2.42. The molecule has 0 amide bonds. The van der Waals surface area contributed by atoms with E-state index in [9.17, 15) is 31.1 Å². The second kappa shape index (κ2) is 8.53. The fraction of sp³-hybridized carbons (Fsp3) is 0.235. The molecule has 0 fully saturated rings. The maximum Gasteiger partial charge on any atom is 0.417 e. The molecular formula is C17H8Br2Cl2F6O. The van der Waals surface area contributed by atoms with Gasteiger partial charge in [-0.3, -0.25) is 4.79 Å². The van der Waals surface area contributed by atoms with E-state index in [1.54, 1.807) is 0 Å². The Morgan fingerprint density at radius 2 is 1.07 bits per heavy atom. The summed E-state index contributed by atoms with van der Waals surface area (Å²) in [4.78, 5) is 12.8. The third-order valence-corrected chi connectivity index (χ3v) is 5.66. The smallest absolute Gasteiger partial charge is 0.289 e. The molecule has 0 aliphatic rings. The Kier molecular flexibility index (Phi) is 7.17. The lowest BCUT2D eigenvalue weighted by Gasteiger charge is -2.20. The lowest BCUT2D eigenvalue weighted by molar-refractivity contribution is -0.138. The van der Waals surface area contributed by atoms with Crippen molar-refractivity contribution < 1.29 is 31.1 Å². The number of hydrogen-bond acceptors (Lipinski definition) is 1. The average molecular weight is 573 g/mol. The fourth-order valence-electron chi connectivity index (χ4n) is 2.68. The highest BCUT2D eigenvalue weighted by Crippen LogP contribution is 2.43. The van der Waals surface area contributed by atoms with Crippen LogP contribution in [0.15, 0.2) is 24.3 Å². The highest BCUT2D eigenvalue weighted by molar-refractivity contribution is 9.08. The maximum absolute atomic E-state index is 13.6. The Bertz CT molecular complexity index is 852. The van der Waals surface area contributed by atoms with Crippen molar-refractivity contribution in [3.05, 3.63) is 67.7 Å². The van der Waals surface area contributed by atoms with E-state index < -0.39 is 51.5 Å². The molecule has 0 heterocycles. The van der Waals surface area contributed by atoms with E-state index in [4.69, 9.17) is 23.2 Å². The molecule has 0 bridgehead atoms. The van der Waals surface area contributed by atoms with Gasteiger partial charge in [0.25, 0.3) is 0 Å². The van der Waals surface area contributed by atoms with Crippen LogP contribution < -0.4 is 0 Å². The topological polar surface area (TPSA) is 17.1 Å². The molecule has 0 radical (unpaired) electrons. The lowest BCUT2D eigenvalue weighted by atomic mass is 9.90. The average Bonchev–Trinajstić information content (AvgIpc) is 2.58. The summed E-state index contributed by atoms with van der Waals surface area (Å²) in [6.45, 7) is 0. The molecular weight excluding hydrogens is 565 g/mol. The molecule has 11 heteroatoms. The van der Waals surface area contributed by atoms with Crippen molar-refractivity contribution in [2.24, 2.45) is 0 Å². The zero-order chi connectivity index (χ0) is 21.4. The Labute approximate surface area is 182 Å². The summed E-state index contributed by atoms with van der Waals surface area (Å²) in [6, 6.07) is 3.61. The Hall–Kier alpha value is -0.770. The summed E-state index contributed by atoms with van der Waals surface area (Å²) >= 11 is 17.3. The van der Waals surface area contributed by atoms with Gasteiger partial charge in [0, 0.05) is 31.8 Å². The molecule has 0 atom stereocenters. The van der Waals surface area contributed by atoms with Gasteiger partial charge in [0.15, 0.2) is 5.78 Å². The maximum atomic E-state index is 13.6. The molecule has 2 rings (SSSR count). The van der Waals surface area contributed by atoms with E-state index in [1.807, 2.05) is 0 Å². The van der Waals surface area contributed by atoms with Crippen LogP contribution in [0.4, 0.5) is 26.3 Å². The van der Waals surface area contributed by atoms with Crippen molar-refractivity contribution in [3.63, 3.8) is 0 Å². The molecule has 2 aromatic carbocycles. The van der Waals surface area contributed by atoms with E-state index in [0.717, 1.165) is 24.3 Å². The standard InChI is InChI=1S/C17H8Br2Cl2F6O/c18-5-9-11(20)3-1-7(13(9)16(22,23)24)15(28)8-2-4-12(21)10(6-19)14(8)17(25,26)27/h1-4H,5-6H2. The third-order valence-electron chi connectivity index (χ3n) is 3.83. The van der Waals surface area contributed by atoms with E-state index in [2.05, 4.69) is 31.9 Å². The van der Waals surface area contributed by atoms with Crippen LogP contribution in [-0.2, 0) is 23.0 Å². The minimum atomic E-state index is -5.01. The summed E-state index contributed by atoms with van der Waals surface area (Å²) in [5.74, 6) is -1.43. The number of benzene rings is 2. The Balaban J connectivity index is 2.86. The molecule has 0 N–H and O–H groups in total. The minimum absolute atomic E-state index is 0.269. The molecule has 0 saturated carbocycles. The van der Waals surface area contributed by atoms with Crippen molar-refractivity contribution in [1.29, 1.82) is 0 Å². The summed E-state index contributed by atoms with van der Waals surface area (Å²) in [5.41, 5.74) is -5.51. The first-order valence-corrected chi connectivity index (χ1v) is 10.3. The predicted octanol–water partition coefficient (Wildman–Crippen LogP) is 8.05. The summed E-state index contributed by atoms with van der Waals surface area (Å²) in [5, 5.41) is -1.23. The van der Waals surface area contributed by atoms with Crippen LogP contribution in [0.5, 0.6) is 0 Å².